The lowest BCUT2D eigenvalue weighted by Gasteiger charge is -2.12. The third-order valence-electron chi connectivity index (χ3n) is 1.97. The molecule has 90 valence electrons. The zero-order valence-electron chi connectivity index (χ0n) is 9.85. The van der Waals surface area contributed by atoms with E-state index < -0.39 is 11.2 Å². The third-order valence-corrected chi connectivity index (χ3v) is 4.10. The topological polar surface area (TPSA) is 63.1 Å². The molecule has 1 heterocycles. The molecular weight excluding hydrogens is 244 g/mol. The Kier molecular flexibility index (Phi) is 4.32. The van der Waals surface area contributed by atoms with Gasteiger partial charge in [-0.25, -0.2) is 4.98 Å². The molecule has 1 rings (SSSR count). The highest BCUT2D eigenvalue weighted by molar-refractivity contribution is 8.02. The van der Waals surface area contributed by atoms with E-state index in [1.165, 1.54) is 23.3 Å². The Morgan fingerprint density at radius 1 is 1.56 bits per heavy atom. The molecule has 16 heavy (non-hydrogen) atoms. The minimum atomic E-state index is -0.792. The summed E-state index contributed by atoms with van der Waals surface area (Å²) in [5.74, 6) is -0.0137. The predicted octanol–water partition coefficient (Wildman–Crippen LogP) is 2.79. The van der Waals surface area contributed by atoms with E-state index in [4.69, 9.17) is 5.11 Å². The maximum atomic E-state index is 10.9. The highest BCUT2D eigenvalue weighted by Gasteiger charge is 2.23. The van der Waals surface area contributed by atoms with Gasteiger partial charge in [0.2, 0.25) is 0 Å². The average Bonchev–Trinajstić information content (AvgIpc) is 2.61. The number of carbonyl (C=O) groups is 1. The molecule has 0 amide bonds. The lowest BCUT2D eigenvalue weighted by atomic mass is 9.96. The zero-order chi connectivity index (χ0) is 12.3. The Balaban J connectivity index is 2.76. The van der Waals surface area contributed by atoms with Crippen LogP contribution in [0.4, 0.5) is 0 Å². The van der Waals surface area contributed by atoms with Crippen LogP contribution in [-0.2, 0) is 10.2 Å². The summed E-state index contributed by atoms with van der Waals surface area (Å²) in [6.07, 6.45) is 0.588. The van der Waals surface area contributed by atoms with Crippen LogP contribution in [0.25, 0.3) is 0 Å². The van der Waals surface area contributed by atoms with Crippen LogP contribution >= 0.6 is 23.3 Å². The van der Waals surface area contributed by atoms with Crippen molar-refractivity contribution in [3.05, 3.63) is 5.82 Å². The number of carboxylic acids is 1. The van der Waals surface area contributed by atoms with Gasteiger partial charge in [-0.3, -0.25) is 4.79 Å². The van der Waals surface area contributed by atoms with Crippen molar-refractivity contribution in [3.63, 3.8) is 0 Å². The van der Waals surface area contributed by atoms with Crippen molar-refractivity contribution in [2.75, 3.05) is 0 Å². The summed E-state index contributed by atoms with van der Waals surface area (Å²) in [4.78, 5) is 15.2. The van der Waals surface area contributed by atoms with Crippen molar-refractivity contribution in [2.45, 2.75) is 49.1 Å². The fraction of sp³-hybridized carbons (Fsp3) is 0.700. The van der Waals surface area contributed by atoms with Crippen molar-refractivity contribution in [3.8, 4) is 0 Å². The maximum absolute atomic E-state index is 10.9. The number of rotatable bonds is 4. The van der Waals surface area contributed by atoms with Gasteiger partial charge in [-0.15, -0.1) is 0 Å². The maximum Gasteiger partial charge on any atom is 0.317 e. The Bertz CT molecular complexity index is 371. The fourth-order valence-corrected chi connectivity index (χ4v) is 2.88. The normalized spacial score (nSPS) is 13.8. The Labute approximate surface area is 104 Å². The molecule has 1 atom stereocenters. The molecule has 0 fully saturated rings. The molecule has 0 spiro atoms. The van der Waals surface area contributed by atoms with E-state index in [1.54, 1.807) is 0 Å². The Morgan fingerprint density at radius 2 is 2.19 bits per heavy atom. The predicted molar refractivity (Wildman–Crippen MR) is 66.2 cm³/mol. The van der Waals surface area contributed by atoms with Gasteiger partial charge in [-0.05, 0) is 18.0 Å². The first-order chi connectivity index (χ1) is 7.34. The average molecular weight is 260 g/mol. The molecule has 1 unspecified atom stereocenters. The van der Waals surface area contributed by atoms with Crippen LogP contribution < -0.4 is 0 Å². The quantitative estimate of drug-likeness (QED) is 0.843. The second kappa shape index (κ2) is 5.14. The van der Waals surface area contributed by atoms with E-state index in [-0.39, 0.29) is 5.41 Å². The smallest absolute Gasteiger partial charge is 0.317 e. The minimum absolute atomic E-state index is 0.0831. The second-order valence-electron chi connectivity index (χ2n) is 4.49. The van der Waals surface area contributed by atoms with Crippen molar-refractivity contribution in [1.82, 2.24) is 9.36 Å². The first-order valence-corrected chi connectivity index (χ1v) is 6.73. The van der Waals surface area contributed by atoms with E-state index in [0.717, 1.165) is 10.2 Å². The standard InChI is InChI=1S/C10H16N2O2S2/c1-5-6(7(13)14)15-9-11-8(12-16-9)10(2,3)4/h6H,5H2,1-4H3,(H,13,14). The SMILES string of the molecule is CCC(Sc1nc(C(C)(C)C)ns1)C(=O)O. The van der Waals surface area contributed by atoms with Gasteiger partial charge in [0.15, 0.2) is 4.34 Å². The number of thioether (sulfide) groups is 1. The number of carboxylic acid groups (broad SMARTS) is 1. The molecule has 4 nitrogen and oxygen atoms in total. The highest BCUT2D eigenvalue weighted by atomic mass is 32.2. The highest BCUT2D eigenvalue weighted by Crippen LogP contribution is 2.30. The number of hydrogen-bond acceptors (Lipinski definition) is 5. The van der Waals surface area contributed by atoms with E-state index in [2.05, 4.69) is 9.36 Å². The molecule has 6 heteroatoms. The summed E-state index contributed by atoms with van der Waals surface area (Å²) in [5.41, 5.74) is -0.0831. The van der Waals surface area contributed by atoms with Crippen LogP contribution in [0.2, 0.25) is 0 Å². The van der Waals surface area contributed by atoms with Gasteiger partial charge in [0, 0.05) is 5.41 Å². The van der Waals surface area contributed by atoms with Gasteiger partial charge in [0.25, 0.3) is 0 Å². The third kappa shape index (κ3) is 3.45. The number of nitrogens with zero attached hydrogens (tertiary/aromatic N) is 2. The summed E-state index contributed by atoms with van der Waals surface area (Å²) in [6, 6.07) is 0. The van der Waals surface area contributed by atoms with Gasteiger partial charge in [-0.1, -0.05) is 39.5 Å². The van der Waals surface area contributed by atoms with Gasteiger partial charge in [0.1, 0.15) is 11.1 Å². The molecule has 1 aromatic heterocycles. The van der Waals surface area contributed by atoms with E-state index >= 15 is 0 Å². The van der Waals surface area contributed by atoms with Crippen LogP contribution in [0.15, 0.2) is 4.34 Å². The Hall–Kier alpha value is -0.620. The molecule has 0 aliphatic carbocycles. The first-order valence-electron chi connectivity index (χ1n) is 5.08. The summed E-state index contributed by atoms with van der Waals surface area (Å²) >= 11 is 2.56. The van der Waals surface area contributed by atoms with E-state index in [0.29, 0.717) is 6.42 Å². The van der Waals surface area contributed by atoms with Gasteiger partial charge < -0.3 is 5.11 Å². The van der Waals surface area contributed by atoms with Gasteiger partial charge >= 0.3 is 5.97 Å². The summed E-state index contributed by atoms with van der Waals surface area (Å²) < 4.78 is 4.99. The lowest BCUT2D eigenvalue weighted by Crippen LogP contribution is -2.15. The zero-order valence-corrected chi connectivity index (χ0v) is 11.5. The first kappa shape index (κ1) is 13.4. The summed E-state index contributed by atoms with van der Waals surface area (Å²) in [7, 11) is 0. The van der Waals surface area contributed by atoms with Crippen LogP contribution in [0.1, 0.15) is 39.9 Å². The van der Waals surface area contributed by atoms with Crippen LogP contribution in [-0.4, -0.2) is 25.7 Å². The molecule has 0 bridgehead atoms. The molecule has 0 saturated heterocycles. The van der Waals surface area contributed by atoms with Crippen molar-refractivity contribution < 1.29 is 9.90 Å². The molecule has 0 aromatic carbocycles. The van der Waals surface area contributed by atoms with E-state index in [1.807, 2.05) is 27.7 Å². The number of hydrogen-bond donors (Lipinski definition) is 1. The van der Waals surface area contributed by atoms with Gasteiger partial charge in [0.05, 0.1) is 0 Å². The van der Waals surface area contributed by atoms with Crippen LogP contribution in [0, 0.1) is 0 Å². The number of aliphatic carboxylic acids is 1. The largest absolute Gasteiger partial charge is 0.480 e. The van der Waals surface area contributed by atoms with Crippen molar-refractivity contribution >= 4 is 29.3 Å². The summed E-state index contributed by atoms with van der Waals surface area (Å²) in [6.45, 7) is 7.98. The Morgan fingerprint density at radius 3 is 2.56 bits per heavy atom. The second-order valence-corrected chi connectivity index (χ2v) is 6.69. The monoisotopic (exact) mass is 260 g/mol. The van der Waals surface area contributed by atoms with Crippen LogP contribution in [0.5, 0.6) is 0 Å². The lowest BCUT2D eigenvalue weighted by molar-refractivity contribution is -0.136. The van der Waals surface area contributed by atoms with E-state index in [9.17, 15) is 4.79 Å². The summed E-state index contributed by atoms with van der Waals surface area (Å²) in [5, 5.41) is 8.51. The van der Waals surface area contributed by atoms with Gasteiger partial charge in [-0.2, -0.15) is 4.37 Å². The molecule has 0 radical (unpaired) electrons. The molecule has 0 aliphatic rings. The number of aromatic nitrogens is 2. The molecular formula is C10H16N2O2S2. The van der Waals surface area contributed by atoms with Crippen LogP contribution in [0.3, 0.4) is 0 Å². The van der Waals surface area contributed by atoms with Crippen molar-refractivity contribution in [2.24, 2.45) is 0 Å². The molecule has 1 aromatic rings. The fourth-order valence-electron chi connectivity index (χ4n) is 0.992. The minimum Gasteiger partial charge on any atom is -0.480 e. The molecule has 0 saturated carbocycles. The van der Waals surface area contributed by atoms with Crippen molar-refractivity contribution in [1.29, 1.82) is 0 Å². The molecule has 0 aliphatic heterocycles. The molecule has 1 N–H and O–H groups in total.